The van der Waals surface area contributed by atoms with Crippen LogP contribution in [-0.2, 0) is 9.53 Å². The van der Waals surface area contributed by atoms with Gasteiger partial charge in [0.2, 0.25) is 0 Å². The molecule has 1 heterocycles. The van der Waals surface area contributed by atoms with Crippen LogP contribution in [0, 0.1) is 28.4 Å². The Bertz CT molecular complexity index is 1110. The molecule has 0 fully saturated rings. The van der Waals surface area contributed by atoms with Gasteiger partial charge < -0.3 is 19.1 Å². The number of hydrogen-bond acceptors (Lipinski definition) is 8. The molecule has 0 unspecified atom stereocenters. The van der Waals surface area contributed by atoms with E-state index in [9.17, 15) is 19.7 Å². The van der Waals surface area contributed by atoms with Gasteiger partial charge in [-0.25, -0.2) is 4.79 Å². The third kappa shape index (κ3) is 5.07. The lowest BCUT2D eigenvalue weighted by atomic mass is 10.1. The maximum Gasteiger partial charge on any atom is 0.345 e. The van der Waals surface area contributed by atoms with Crippen molar-refractivity contribution in [1.29, 1.82) is 5.26 Å². The van der Waals surface area contributed by atoms with Gasteiger partial charge in [0.15, 0.2) is 18.1 Å². The van der Waals surface area contributed by atoms with Gasteiger partial charge in [0.25, 0.3) is 11.6 Å². The van der Waals surface area contributed by atoms with Crippen LogP contribution in [0.4, 0.5) is 11.4 Å². The number of nitrogens with zero attached hydrogens (tertiary/aromatic N) is 3. The first kappa shape index (κ1) is 22.8. The number of benzene rings is 2. The number of amides is 1. The van der Waals surface area contributed by atoms with Crippen molar-refractivity contribution >= 4 is 34.9 Å². The molecule has 10 nitrogen and oxygen atoms in total. The number of anilines is 1. The van der Waals surface area contributed by atoms with Crippen molar-refractivity contribution in [2.24, 2.45) is 0 Å². The van der Waals surface area contributed by atoms with Gasteiger partial charge in [-0.05, 0) is 30.7 Å². The molecular formula is C21H18ClN3O7. The summed E-state index contributed by atoms with van der Waals surface area (Å²) in [6.07, 6.45) is 0.0506. The maximum atomic E-state index is 12.8. The van der Waals surface area contributed by atoms with Crippen LogP contribution in [0.5, 0.6) is 11.5 Å². The zero-order valence-corrected chi connectivity index (χ0v) is 17.8. The van der Waals surface area contributed by atoms with E-state index in [1.165, 1.54) is 4.90 Å². The number of nitro benzene ring substituents is 1. The second-order valence-electron chi connectivity index (χ2n) is 6.73. The second-order valence-corrected chi connectivity index (χ2v) is 7.14. The Balaban J connectivity index is 1.79. The Hall–Kier alpha value is -3.84. The number of halogens is 1. The van der Waals surface area contributed by atoms with Crippen LogP contribution in [0.1, 0.15) is 22.3 Å². The highest BCUT2D eigenvalue weighted by Gasteiger charge is 2.28. The number of ether oxygens (including phenoxy) is 3. The molecular weight excluding hydrogens is 442 g/mol. The monoisotopic (exact) mass is 459 g/mol. The molecule has 1 aliphatic rings. The molecule has 1 amide bonds. The maximum absolute atomic E-state index is 12.8. The summed E-state index contributed by atoms with van der Waals surface area (Å²) in [5.74, 6) is -1.34. The zero-order valence-electron chi connectivity index (χ0n) is 17.0. The summed E-state index contributed by atoms with van der Waals surface area (Å²) in [7, 11) is 0. The lowest BCUT2D eigenvalue weighted by Gasteiger charge is -2.22. The smallest absolute Gasteiger partial charge is 0.345 e. The van der Waals surface area contributed by atoms with Crippen molar-refractivity contribution in [2.45, 2.75) is 13.3 Å². The van der Waals surface area contributed by atoms with Crippen molar-refractivity contribution < 1.29 is 28.7 Å². The summed E-state index contributed by atoms with van der Waals surface area (Å²) >= 11 is 6.03. The summed E-state index contributed by atoms with van der Waals surface area (Å²) in [5.41, 5.74) is 0.315. The lowest BCUT2D eigenvalue weighted by Crippen LogP contribution is -2.35. The molecule has 0 saturated carbocycles. The first-order chi connectivity index (χ1) is 15.3. The largest absolute Gasteiger partial charge is 0.486 e. The number of nitro groups is 1. The van der Waals surface area contributed by atoms with Crippen LogP contribution in [0.25, 0.3) is 0 Å². The van der Waals surface area contributed by atoms with Crippen molar-refractivity contribution in [3.05, 3.63) is 56.6 Å². The van der Waals surface area contributed by atoms with Gasteiger partial charge >= 0.3 is 5.97 Å². The summed E-state index contributed by atoms with van der Waals surface area (Å²) in [6.45, 7) is 1.60. The van der Waals surface area contributed by atoms with Gasteiger partial charge in [-0.1, -0.05) is 11.6 Å². The van der Waals surface area contributed by atoms with Crippen molar-refractivity contribution in [3.63, 3.8) is 0 Å². The summed E-state index contributed by atoms with van der Waals surface area (Å²) in [4.78, 5) is 37.3. The van der Waals surface area contributed by atoms with Gasteiger partial charge in [0, 0.05) is 23.3 Å². The Labute approximate surface area is 188 Å². The van der Waals surface area contributed by atoms with Crippen LogP contribution >= 0.6 is 11.6 Å². The number of fused-ring (bicyclic) bond motifs is 1. The Kier molecular flexibility index (Phi) is 7.12. The molecule has 0 bridgehead atoms. The number of nitriles is 1. The van der Waals surface area contributed by atoms with Gasteiger partial charge in [0.1, 0.15) is 18.8 Å². The number of aryl methyl sites for hydroxylation is 1. The fourth-order valence-electron chi connectivity index (χ4n) is 3.03. The fourth-order valence-corrected chi connectivity index (χ4v) is 3.15. The van der Waals surface area contributed by atoms with Gasteiger partial charge in [-0.3, -0.25) is 14.9 Å². The third-order valence-corrected chi connectivity index (χ3v) is 5.03. The minimum Gasteiger partial charge on any atom is -0.486 e. The molecule has 0 N–H and O–H groups in total. The Morgan fingerprint density at radius 1 is 1.25 bits per heavy atom. The van der Waals surface area contributed by atoms with Gasteiger partial charge in [-0.2, -0.15) is 5.26 Å². The predicted molar refractivity (Wildman–Crippen MR) is 113 cm³/mol. The Morgan fingerprint density at radius 2 is 1.94 bits per heavy atom. The third-order valence-electron chi connectivity index (χ3n) is 4.61. The molecule has 32 heavy (non-hydrogen) atoms. The molecule has 166 valence electrons. The molecule has 2 aromatic rings. The molecule has 0 spiro atoms. The van der Waals surface area contributed by atoms with E-state index in [1.807, 2.05) is 6.07 Å². The van der Waals surface area contributed by atoms with Gasteiger partial charge in [-0.15, -0.1) is 0 Å². The van der Waals surface area contributed by atoms with Crippen LogP contribution in [0.2, 0.25) is 5.02 Å². The molecule has 0 aromatic heterocycles. The molecule has 0 saturated heterocycles. The van der Waals surface area contributed by atoms with E-state index in [-0.39, 0.29) is 43.2 Å². The number of rotatable bonds is 7. The van der Waals surface area contributed by atoms with E-state index < -0.39 is 29.1 Å². The average Bonchev–Trinajstić information content (AvgIpc) is 2.78. The SMILES string of the molecule is Cc1cc(N(CCC#N)C(=O)COC(=O)c2cc3c(cc2[N+](=O)[O-])OCCO3)ccc1Cl. The van der Waals surface area contributed by atoms with Crippen LogP contribution in [0.15, 0.2) is 30.3 Å². The fraction of sp³-hybridized carbons (Fsp3) is 0.286. The average molecular weight is 460 g/mol. The topological polar surface area (TPSA) is 132 Å². The minimum absolute atomic E-state index is 0.0506. The van der Waals surface area contributed by atoms with Crippen LogP contribution in [-0.4, -0.2) is 43.2 Å². The molecule has 1 aliphatic heterocycles. The van der Waals surface area contributed by atoms with Crippen molar-refractivity contribution in [2.75, 3.05) is 31.3 Å². The molecule has 0 aliphatic carbocycles. The molecule has 2 aromatic carbocycles. The Morgan fingerprint density at radius 3 is 2.56 bits per heavy atom. The molecule has 11 heteroatoms. The summed E-state index contributed by atoms with van der Waals surface area (Å²) in [5, 5.41) is 20.8. The summed E-state index contributed by atoms with van der Waals surface area (Å²) in [6, 6.07) is 9.10. The molecule has 0 radical (unpaired) electrons. The van der Waals surface area contributed by atoms with E-state index in [4.69, 9.17) is 31.1 Å². The quantitative estimate of drug-likeness (QED) is 0.349. The second kappa shape index (κ2) is 9.98. The first-order valence-corrected chi connectivity index (χ1v) is 9.88. The van der Waals surface area contributed by atoms with E-state index in [0.29, 0.717) is 10.7 Å². The highest BCUT2D eigenvalue weighted by Crippen LogP contribution is 2.37. The van der Waals surface area contributed by atoms with Crippen LogP contribution in [0.3, 0.4) is 0 Å². The van der Waals surface area contributed by atoms with Gasteiger partial charge in [0.05, 0.1) is 23.5 Å². The lowest BCUT2D eigenvalue weighted by molar-refractivity contribution is -0.385. The standard InChI is InChI=1S/C21H18ClN3O7/c1-13-9-14(3-4-16(13)22)24(6-2-5-23)20(26)12-32-21(27)15-10-18-19(31-8-7-30-18)11-17(15)25(28)29/h3-4,9-11H,2,6-8,12H2,1H3. The minimum atomic E-state index is -1.06. The first-order valence-electron chi connectivity index (χ1n) is 9.50. The number of carbonyl (C=O) groups is 2. The molecule has 0 atom stereocenters. The summed E-state index contributed by atoms with van der Waals surface area (Å²) < 4.78 is 15.7. The number of hydrogen-bond donors (Lipinski definition) is 0. The van der Waals surface area contributed by atoms with E-state index in [2.05, 4.69) is 0 Å². The number of carbonyl (C=O) groups excluding carboxylic acids is 2. The highest BCUT2D eigenvalue weighted by atomic mass is 35.5. The normalized spacial score (nSPS) is 11.9. The number of esters is 1. The zero-order chi connectivity index (χ0) is 23.3. The van der Waals surface area contributed by atoms with Crippen LogP contribution < -0.4 is 14.4 Å². The van der Waals surface area contributed by atoms with Crippen molar-refractivity contribution in [1.82, 2.24) is 0 Å². The van der Waals surface area contributed by atoms with Crippen molar-refractivity contribution in [3.8, 4) is 17.6 Å². The highest BCUT2D eigenvalue weighted by molar-refractivity contribution is 6.31. The predicted octanol–water partition coefficient (Wildman–Crippen LogP) is 3.43. The van der Waals surface area contributed by atoms with E-state index in [0.717, 1.165) is 17.7 Å². The van der Waals surface area contributed by atoms with E-state index >= 15 is 0 Å². The van der Waals surface area contributed by atoms with E-state index in [1.54, 1.807) is 25.1 Å². The molecule has 3 rings (SSSR count).